The van der Waals surface area contributed by atoms with Gasteiger partial charge in [-0.05, 0) is 41.5 Å². The molecule has 0 aliphatic rings. The molecular formula is C14H23N3O3. The summed E-state index contributed by atoms with van der Waals surface area (Å²) in [5, 5.41) is 6.76. The van der Waals surface area contributed by atoms with Crippen LogP contribution in [0.4, 0.5) is 4.79 Å². The smallest absolute Gasteiger partial charge is 0.408 e. The first-order valence-corrected chi connectivity index (χ1v) is 6.59. The van der Waals surface area contributed by atoms with Crippen LogP contribution in [-0.4, -0.2) is 27.8 Å². The normalized spacial score (nSPS) is 14.8. The van der Waals surface area contributed by atoms with Gasteiger partial charge in [0.2, 0.25) is 0 Å². The Balaban J connectivity index is 2.91. The molecule has 112 valence electrons. The van der Waals surface area contributed by atoms with Gasteiger partial charge in [0.15, 0.2) is 0 Å². The fourth-order valence-corrected chi connectivity index (χ4v) is 1.57. The lowest BCUT2D eigenvalue weighted by Gasteiger charge is -2.26. The number of alkyl carbamates (subject to hydrolysis) is 1. The van der Waals surface area contributed by atoms with Crippen LogP contribution in [0.15, 0.2) is 12.4 Å². The van der Waals surface area contributed by atoms with Gasteiger partial charge in [-0.3, -0.25) is 4.68 Å². The summed E-state index contributed by atoms with van der Waals surface area (Å²) >= 11 is 0. The van der Waals surface area contributed by atoms with Gasteiger partial charge in [0, 0.05) is 17.8 Å². The third-order valence-corrected chi connectivity index (χ3v) is 2.73. The molecule has 1 unspecified atom stereocenters. The van der Waals surface area contributed by atoms with Crippen molar-refractivity contribution in [1.29, 1.82) is 0 Å². The van der Waals surface area contributed by atoms with Crippen molar-refractivity contribution in [3.05, 3.63) is 18.0 Å². The number of hydrogen-bond acceptors (Lipinski definition) is 4. The Labute approximate surface area is 119 Å². The van der Waals surface area contributed by atoms with E-state index in [1.54, 1.807) is 44.8 Å². The van der Waals surface area contributed by atoms with Crippen LogP contribution < -0.4 is 5.32 Å². The van der Waals surface area contributed by atoms with Crippen LogP contribution in [-0.2, 0) is 15.1 Å². The Morgan fingerprint density at radius 3 is 2.40 bits per heavy atom. The molecule has 1 heterocycles. The van der Waals surface area contributed by atoms with Crippen LogP contribution in [0, 0.1) is 0 Å². The standard InChI is InChI=1S/C14H23N3O3/c1-10(2)17-8-11(7-15-17)14(6,9-18)16-12(19)20-13(3,4)5/h7-10H,1-6H3,(H,16,19). The monoisotopic (exact) mass is 281 g/mol. The maximum absolute atomic E-state index is 11.8. The summed E-state index contributed by atoms with van der Waals surface area (Å²) in [5.74, 6) is 0. The van der Waals surface area contributed by atoms with Crippen molar-refractivity contribution in [2.24, 2.45) is 0 Å². The summed E-state index contributed by atoms with van der Waals surface area (Å²) in [5.41, 5.74) is -1.15. The second-order valence-electron chi connectivity index (χ2n) is 6.25. The Morgan fingerprint density at radius 2 is 2.00 bits per heavy atom. The molecule has 0 bridgehead atoms. The molecule has 0 spiro atoms. The number of ether oxygens (including phenoxy) is 1. The van der Waals surface area contributed by atoms with Crippen molar-refractivity contribution in [2.75, 3.05) is 0 Å². The molecule has 1 aromatic heterocycles. The molecule has 0 saturated heterocycles. The summed E-state index contributed by atoms with van der Waals surface area (Å²) in [6.45, 7) is 10.9. The summed E-state index contributed by atoms with van der Waals surface area (Å²) in [6.07, 6.45) is 3.37. The highest BCUT2D eigenvalue weighted by Crippen LogP contribution is 2.20. The van der Waals surface area contributed by atoms with Crippen molar-refractivity contribution < 1.29 is 14.3 Å². The zero-order valence-electron chi connectivity index (χ0n) is 12.9. The first-order chi connectivity index (χ1) is 9.07. The van der Waals surface area contributed by atoms with Gasteiger partial charge in [-0.1, -0.05) is 0 Å². The van der Waals surface area contributed by atoms with Gasteiger partial charge < -0.3 is 14.8 Å². The van der Waals surface area contributed by atoms with E-state index >= 15 is 0 Å². The maximum Gasteiger partial charge on any atom is 0.408 e. The highest BCUT2D eigenvalue weighted by Gasteiger charge is 2.32. The molecule has 20 heavy (non-hydrogen) atoms. The van der Waals surface area contributed by atoms with Gasteiger partial charge in [0.1, 0.15) is 17.4 Å². The number of hydrogen-bond donors (Lipinski definition) is 1. The molecule has 0 aliphatic heterocycles. The van der Waals surface area contributed by atoms with Crippen LogP contribution in [0.2, 0.25) is 0 Å². The molecule has 0 fully saturated rings. The molecular weight excluding hydrogens is 258 g/mol. The van der Waals surface area contributed by atoms with Crippen LogP contribution in [0.25, 0.3) is 0 Å². The average Bonchev–Trinajstić information content (AvgIpc) is 2.75. The van der Waals surface area contributed by atoms with Crippen molar-refractivity contribution >= 4 is 12.4 Å². The molecule has 0 aromatic carbocycles. The molecule has 6 heteroatoms. The van der Waals surface area contributed by atoms with E-state index in [4.69, 9.17) is 4.74 Å². The van der Waals surface area contributed by atoms with Gasteiger partial charge in [0.05, 0.1) is 6.20 Å². The second-order valence-corrected chi connectivity index (χ2v) is 6.25. The second kappa shape index (κ2) is 5.64. The molecule has 1 amide bonds. The van der Waals surface area contributed by atoms with E-state index in [2.05, 4.69) is 10.4 Å². The number of aldehydes is 1. The summed E-state index contributed by atoms with van der Waals surface area (Å²) in [4.78, 5) is 23.2. The minimum absolute atomic E-state index is 0.182. The van der Waals surface area contributed by atoms with E-state index in [1.807, 2.05) is 13.8 Å². The van der Waals surface area contributed by atoms with Crippen LogP contribution in [0.3, 0.4) is 0 Å². The zero-order valence-corrected chi connectivity index (χ0v) is 12.9. The molecule has 6 nitrogen and oxygen atoms in total. The van der Waals surface area contributed by atoms with E-state index in [9.17, 15) is 9.59 Å². The number of nitrogens with zero attached hydrogens (tertiary/aromatic N) is 2. The predicted octanol–water partition coefficient (Wildman–Crippen LogP) is 2.40. The number of rotatable bonds is 4. The number of carbonyl (C=O) groups is 2. The summed E-state index contributed by atoms with van der Waals surface area (Å²) < 4.78 is 6.90. The van der Waals surface area contributed by atoms with Gasteiger partial charge in [-0.25, -0.2) is 4.79 Å². The number of nitrogens with one attached hydrogen (secondary N) is 1. The maximum atomic E-state index is 11.8. The van der Waals surface area contributed by atoms with Gasteiger partial charge in [-0.2, -0.15) is 5.10 Å². The van der Waals surface area contributed by atoms with E-state index in [1.165, 1.54) is 0 Å². The molecule has 1 rings (SSSR count). The highest BCUT2D eigenvalue weighted by molar-refractivity contribution is 5.77. The Hall–Kier alpha value is -1.85. The van der Waals surface area contributed by atoms with E-state index in [0.29, 0.717) is 11.8 Å². The molecule has 0 radical (unpaired) electrons. The largest absolute Gasteiger partial charge is 0.444 e. The minimum Gasteiger partial charge on any atom is -0.444 e. The van der Waals surface area contributed by atoms with Crippen LogP contribution in [0.1, 0.15) is 53.1 Å². The fourth-order valence-electron chi connectivity index (χ4n) is 1.57. The van der Waals surface area contributed by atoms with Gasteiger partial charge in [0.25, 0.3) is 0 Å². The third-order valence-electron chi connectivity index (χ3n) is 2.73. The van der Waals surface area contributed by atoms with Crippen LogP contribution >= 0.6 is 0 Å². The van der Waals surface area contributed by atoms with Crippen molar-refractivity contribution in [3.8, 4) is 0 Å². The van der Waals surface area contributed by atoms with E-state index in [0.717, 1.165) is 0 Å². The molecule has 0 saturated carbocycles. The van der Waals surface area contributed by atoms with E-state index < -0.39 is 17.2 Å². The van der Waals surface area contributed by atoms with E-state index in [-0.39, 0.29) is 6.04 Å². The third kappa shape index (κ3) is 4.08. The lowest BCUT2D eigenvalue weighted by molar-refractivity contribution is -0.113. The van der Waals surface area contributed by atoms with Crippen LogP contribution in [0.5, 0.6) is 0 Å². The highest BCUT2D eigenvalue weighted by atomic mass is 16.6. The van der Waals surface area contributed by atoms with Gasteiger partial charge >= 0.3 is 6.09 Å². The Morgan fingerprint density at radius 1 is 1.40 bits per heavy atom. The van der Waals surface area contributed by atoms with Crippen molar-refractivity contribution in [2.45, 2.75) is 58.7 Å². The first-order valence-electron chi connectivity index (χ1n) is 6.59. The topological polar surface area (TPSA) is 73.2 Å². The predicted molar refractivity (Wildman–Crippen MR) is 75.4 cm³/mol. The lowest BCUT2D eigenvalue weighted by Crippen LogP contribution is -2.46. The fraction of sp³-hybridized carbons (Fsp3) is 0.643. The van der Waals surface area contributed by atoms with Crippen molar-refractivity contribution in [3.63, 3.8) is 0 Å². The minimum atomic E-state index is -1.16. The zero-order chi connectivity index (χ0) is 15.6. The molecule has 1 N–H and O–H groups in total. The molecule has 1 aromatic rings. The quantitative estimate of drug-likeness (QED) is 0.860. The number of aromatic nitrogens is 2. The number of carbonyl (C=O) groups excluding carboxylic acids is 2. The average molecular weight is 281 g/mol. The van der Waals surface area contributed by atoms with Crippen molar-refractivity contribution in [1.82, 2.24) is 15.1 Å². The van der Waals surface area contributed by atoms with Gasteiger partial charge in [-0.15, -0.1) is 0 Å². The molecule has 1 atom stereocenters. The Bertz CT molecular complexity index is 488. The number of amides is 1. The SMILES string of the molecule is CC(C)n1cc(C(C)(C=O)NC(=O)OC(C)(C)C)cn1. The molecule has 0 aliphatic carbocycles. The lowest BCUT2D eigenvalue weighted by atomic mass is 9.97. The summed E-state index contributed by atoms with van der Waals surface area (Å²) in [7, 11) is 0. The first kappa shape index (κ1) is 16.2. The summed E-state index contributed by atoms with van der Waals surface area (Å²) in [6, 6.07) is 0.182. The Kier molecular flexibility index (Phi) is 4.57.